The summed E-state index contributed by atoms with van der Waals surface area (Å²) in [6.07, 6.45) is 1.52. The van der Waals surface area contributed by atoms with Gasteiger partial charge in [0.1, 0.15) is 17.8 Å². The summed E-state index contributed by atoms with van der Waals surface area (Å²) < 4.78 is 15.8. The minimum absolute atomic E-state index is 0.110. The van der Waals surface area contributed by atoms with E-state index in [0.717, 1.165) is 4.90 Å². The van der Waals surface area contributed by atoms with Gasteiger partial charge in [-0.2, -0.15) is 0 Å². The molecule has 0 saturated carbocycles. The van der Waals surface area contributed by atoms with Crippen molar-refractivity contribution in [2.45, 2.75) is 19.0 Å². The minimum Gasteiger partial charge on any atom is -0.467 e. The number of carbonyl (C=O) groups excluding carboxylic acids is 3. The highest BCUT2D eigenvalue weighted by Gasteiger charge is 2.50. The second-order valence-electron chi connectivity index (χ2n) is 6.84. The van der Waals surface area contributed by atoms with Crippen molar-refractivity contribution in [2.24, 2.45) is 0 Å². The van der Waals surface area contributed by atoms with Gasteiger partial charge in [-0.1, -0.05) is 6.07 Å². The second kappa shape index (κ2) is 6.59. The summed E-state index contributed by atoms with van der Waals surface area (Å²) in [4.78, 5) is 40.2. The first-order valence-electron chi connectivity index (χ1n) is 8.69. The molecule has 2 aliphatic rings. The lowest BCUT2D eigenvalue weighted by Crippen LogP contribution is -2.43. The molecule has 9 nitrogen and oxygen atoms in total. The molecule has 1 aromatic carbocycles. The van der Waals surface area contributed by atoms with E-state index in [1.165, 1.54) is 11.2 Å². The number of hydrogen-bond donors (Lipinski definition) is 1. The number of benzene rings is 1. The summed E-state index contributed by atoms with van der Waals surface area (Å²) in [6.45, 7) is 1.59. The second-order valence-corrected chi connectivity index (χ2v) is 6.84. The molecule has 1 unspecified atom stereocenters. The molecular formula is C19H19N3O6. The van der Waals surface area contributed by atoms with Crippen molar-refractivity contribution in [2.75, 3.05) is 20.4 Å². The van der Waals surface area contributed by atoms with Gasteiger partial charge in [0.05, 0.1) is 12.8 Å². The molecule has 28 heavy (non-hydrogen) atoms. The van der Waals surface area contributed by atoms with Crippen LogP contribution in [-0.2, 0) is 21.7 Å². The molecule has 9 heteroatoms. The van der Waals surface area contributed by atoms with E-state index in [1.54, 1.807) is 44.3 Å². The maximum absolute atomic E-state index is 13.0. The quantitative estimate of drug-likeness (QED) is 0.782. The highest BCUT2D eigenvalue weighted by Crippen LogP contribution is 2.37. The SMILES string of the molecule is CN(Cc1ccco1)C(=O)CN1C(=O)NC(C)(c2ccc3c(c2)OCO3)C1=O. The van der Waals surface area contributed by atoms with Crippen LogP contribution in [-0.4, -0.2) is 48.0 Å². The third-order valence-electron chi connectivity index (χ3n) is 4.92. The number of nitrogens with zero attached hydrogens (tertiary/aromatic N) is 2. The molecule has 0 bridgehead atoms. The molecule has 1 N–H and O–H groups in total. The summed E-state index contributed by atoms with van der Waals surface area (Å²) in [6, 6.07) is 7.89. The fourth-order valence-electron chi connectivity index (χ4n) is 3.22. The molecule has 2 aromatic rings. The lowest BCUT2D eigenvalue weighted by molar-refractivity contribution is -0.138. The van der Waals surface area contributed by atoms with Crippen molar-refractivity contribution in [1.29, 1.82) is 0 Å². The van der Waals surface area contributed by atoms with Gasteiger partial charge in [0, 0.05) is 7.05 Å². The van der Waals surface area contributed by atoms with E-state index in [1.807, 2.05) is 0 Å². The number of rotatable bonds is 5. The van der Waals surface area contributed by atoms with E-state index in [-0.39, 0.29) is 25.8 Å². The van der Waals surface area contributed by atoms with E-state index in [0.29, 0.717) is 22.8 Å². The summed E-state index contributed by atoms with van der Waals surface area (Å²) in [5.74, 6) is 0.813. The van der Waals surface area contributed by atoms with E-state index in [4.69, 9.17) is 13.9 Å². The number of fused-ring (bicyclic) bond motifs is 1. The van der Waals surface area contributed by atoms with E-state index < -0.39 is 17.5 Å². The van der Waals surface area contributed by atoms with Crippen LogP contribution >= 0.6 is 0 Å². The van der Waals surface area contributed by atoms with Gasteiger partial charge in [0.15, 0.2) is 11.5 Å². The molecule has 0 aliphatic carbocycles. The zero-order valence-corrected chi connectivity index (χ0v) is 15.4. The van der Waals surface area contributed by atoms with Crippen LogP contribution in [0.25, 0.3) is 0 Å². The van der Waals surface area contributed by atoms with Gasteiger partial charge in [-0.15, -0.1) is 0 Å². The topological polar surface area (TPSA) is 101 Å². The predicted molar refractivity (Wildman–Crippen MR) is 95.3 cm³/mol. The molecule has 4 amide bonds. The van der Waals surface area contributed by atoms with E-state index >= 15 is 0 Å². The number of urea groups is 1. The average molecular weight is 385 g/mol. The Hall–Kier alpha value is -3.49. The number of amides is 4. The molecular weight excluding hydrogens is 366 g/mol. The smallest absolute Gasteiger partial charge is 0.325 e. The average Bonchev–Trinajstić information content (AvgIpc) is 3.39. The van der Waals surface area contributed by atoms with Crippen molar-refractivity contribution in [1.82, 2.24) is 15.1 Å². The zero-order chi connectivity index (χ0) is 19.9. The molecule has 0 spiro atoms. The van der Waals surface area contributed by atoms with Crippen LogP contribution in [0.2, 0.25) is 0 Å². The Morgan fingerprint density at radius 2 is 2.04 bits per heavy atom. The van der Waals surface area contributed by atoms with E-state index in [9.17, 15) is 14.4 Å². The van der Waals surface area contributed by atoms with Gasteiger partial charge in [0.2, 0.25) is 12.7 Å². The molecule has 1 atom stereocenters. The molecule has 0 radical (unpaired) electrons. The fraction of sp³-hybridized carbons (Fsp3) is 0.316. The van der Waals surface area contributed by atoms with Crippen LogP contribution in [0.3, 0.4) is 0 Å². The van der Waals surface area contributed by atoms with Crippen LogP contribution < -0.4 is 14.8 Å². The number of imide groups is 1. The summed E-state index contributed by atoms with van der Waals surface area (Å²) in [7, 11) is 1.58. The molecule has 1 saturated heterocycles. The van der Waals surface area contributed by atoms with Crippen LogP contribution in [0, 0.1) is 0 Å². The fourth-order valence-corrected chi connectivity index (χ4v) is 3.22. The molecule has 146 valence electrons. The predicted octanol–water partition coefficient (Wildman–Crippen LogP) is 1.43. The van der Waals surface area contributed by atoms with Gasteiger partial charge in [-0.3, -0.25) is 14.5 Å². The van der Waals surface area contributed by atoms with Gasteiger partial charge >= 0.3 is 6.03 Å². The largest absolute Gasteiger partial charge is 0.467 e. The lowest BCUT2D eigenvalue weighted by Gasteiger charge is -2.23. The number of likely N-dealkylation sites (N-methyl/N-ethyl adjacent to an activating group) is 1. The highest BCUT2D eigenvalue weighted by atomic mass is 16.7. The van der Waals surface area contributed by atoms with Gasteiger partial charge in [-0.25, -0.2) is 4.79 Å². The van der Waals surface area contributed by atoms with Crippen LogP contribution in [0.1, 0.15) is 18.2 Å². The first kappa shape index (κ1) is 17.9. The van der Waals surface area contributed by atoms with E-state index in [2.05, 4.69) is 5.32 Å². The van der Waals surface area contributed by atoms with Crippen LogP contribution in [0.15, 0.2) is 41.0 Å². The Balaban J connectivity index is 1.49. The number of carbonyl (C=O) groups is 3. The number of ether oxygens (including phenoxy) is 2. The van der Waals surface area contributed by atoms with Crippen molar-refractivity contribution in [3.63, 3.8) is 0 Å². The van der Waals surface area contributed by atoms with Gasteiger partial charge in [-0.05, 0) is 36.8 Å². The molecule has 1 aromatic heterocycles. The highest BCUT2D eigenvalue weighted by molar-refractivity contribution is 6.09. The Morgan fingerprint density at radius 3 is 2.79 bits per heavy atom. The third-order valence-corrected chi connectivity index (χ3v) is 4.92. The number of nitrogens with one attached hydrogen (secondary N) is 1. The Bertz CT molecular complexity index is 941. The van der Waals surface area contributed by atoms with Crippen molar-refractivity contribution >= 4 is 17.8 Å². The first-order valence-corrected chi connectivity index (χ1v) is 8.69. The zero-order valence-electron chi connectivity index (χ0n) is 15.4. The Labute approximate surface area is 160 Å². The maximum Gasteiger partial charge on any atom is 0.325 e. The lowest BCUT2D eigenvalue weighted by atomic mass is 9.91. The van der Waals surface area contributed by atoms with Crippen LogP contribution in [0.4, 0.5) is 4.79 Å². The summed E-state index contributed by atoms with van der Waals surface area (Å²) in [5.41, 5.74) is -0.744. The minimum atomic E-state index is -1.29. The van der Waals surface area contributed by atoms with Gasteiger partial charge < -0.3 is 24.1 Å². The first-order chi connectivity index (χ1) is 13.4. The third kappa shape index (κ3) is 2.94. The normalized spacial score (nSPS) is 20.4. The Kier molecular flexibility index (Phi) is 4.21. The van der Waals surface area contributed by atoms with Crippen LogP contribution in [0.5, 0.6) is 11.5 Å². The maximum atomic E-state index is 13.0. The molecule has 1 fully saturated rings. The molecule has 2 aliphatic heterocycles. The Morgan fingerprint density at radius 1 is 1.25 bits per heavy atom. The molecule has 3 heterocycles. The number of hydrogen-bond acceptors (Lipinski definition) is 6. The summed E-state index contributed by atoms with van der Waals surface area (Å²) in [5, 5.41) is 2.68. The standard InChI is InChI=1S/C19H19N3O6/c1-19(12-5-6-14-15(8-12)28-11-27-14)17(24)22(18(25)20-19)10-16(23)21(2)9-13-4-3-7-26-13/h3-8H,9-11H2,1-2H3,(H,20,25). The number of furan rings is 1. The summed E-state index contributed by atoms with van der Waals surface area (Å²) >= 11 is 0. The van der Waals surface area contributed by atoms with Crippen molar-refractivity contribution < 1.29 is 28.3 Å². The van der Waals surface area contributed by atoms with Gasteiger partial charge in [0.25, 0.3) is 5.91 Å². The van der Waals surface area contributed by atoms with Crippen molar-refractivity contribution in [3.05, 3.63) is 47.9 Å². The monoisotopic (exact) mass is 385 g/mol. The molecule has 4 rings (SSSR count). The van der Waals surface area contributed by atoms with Crippen molar-refractivity contribution in [3.8, 4) is 11.5 Å².